The predicted octanol–water partition coefficient (Wildman–Crippen LogP) is 3.02. The lowest BCUT2D eigenvalue weighted by atomic mass is 9.95. The van der Waals surface area contributed by atoms with E-state index in [4.69, 9.17) is 4.74 Å². The van der Waals surface area contributed by atoms with Crippen molar-refractivity contribution in [3.8, 4) is 0 Å². The van der Waals surface area contributed by atoms with E-state index in [9.17, 15) is 19.7 Å². The second-order valence-corrected chi connectivity index (χ2v) is 7.81. The molecule has 2 N–H and O–H groups in total. The molecule has 0 aromatic heterocycles. The number of alkyl carbamates (subject to hydrolysis) is 1. The minimum absolute atomic E-state index is 0.0712. The third kappa shape index (κ3) is 5.44. The number of nitro groups is 1. The molecule has 2 rings (SSSR count). The van der Waals surface area contributed by atoms with Gasteiger partial charge in [-0.05, 0) is 58.6 Å². The summed E-state index contributed by atoms with van der Waals surface area (Å²) < 4.78 is 5.23. The summed E-state index contributed by atoms with van der Waals surface area (Å²) in [6.45, 7) is 7.46. The zero-order valence-corrected chi connectivity index (χ0v) is 15.5. The van der Waals surface area contributed by atoms with Crippen molar-refractivity contribution in [2.45, 2.75) is 51.7 Å². The van der Waals surface area contributed by atoms with Crippen molar-refractivity contribution >= 4 is 17.7 Å². The van der Waals surface area contributed by atoms with Crippen molar-refractivity contribution in [2.75, 3.05) is 6.54 Å². The normalized spacial score (nSPS) is 16.3. The maximum absolute atomic E-state index is 12.5. The van der Waals surface area contributed by atoms with E-state index in [0.717, 1.165) is 12.8 Å². The van der Waals surface area contributed by atoms with Crippen LogP contribution in [0.3, 0.4) is 0 Å². The highest BCUT2D eigenvalue weighted by Crippen LogP contribution is 2.39. The summed E-state index contributed by atoms with van der Waals surface area (Å²) in [7, 11) is 0. The number of amides is 2. The van der Waals surface area contributed by atoms with Crippen LogP contribution in [0.15, 0.2) is 24.3 Å². The van der Waals surface area contributed by atoms with Crippen molar-refractivity contribution < 1.29 is 19.2 Å². The first-order valence-corrected chi connectivity index (χ1v) is 8.54. The van der Waals surface area contributed by atoms with E-state index in [0.29, 0.717) is 5.56 Å². The molecule has 8 heteroatoms. The summed E-state index contributed by atoms with van der Waals surface area (Å²) >= 11 is 0. The van der Waals surface area contributed by atoms with Crippen molar-refractivity contribution in [1.29, 1.82) is 0 Å². The summed E-state index contributed by atoms with van der Waals surface area (Å²) in [5.41, 5.74) is -0.949. The maximum Gasteiger partial charge on any atom is 0.407 e. The van der Waals surface area contributed by atoms with Gasteiger partial charge in [0.25, 0.3) is 11.6 Å². The number of hydrogen-bond donors (Lipinski definition) is 2. The largest absolute Gasteiger partial charge is 0.444 e. The van der Waals surface area contributed by atoms with Crippen LogP contribution in [0.5, 0.6) is 0 Å². The molecule has 2 amide bonds. The number of non-ortho nitro benzene ring substituents is 1. The van der Waals surface area contributed by atoms with Crippen molar-refractivity contribution in [3.63, 3.8) is 0 Å². The van der Waals surface area contributed by atoms with Crippen LogP contribution in [-0.2, 0) is 4.74 Å². The Balaban J connectivity index is 2.01. The fourth-order valence-corrected chi connectivity index (χ4v) is 2.65. The van der Waals surface area contributed by atoms with Gasteiger partial charge in [-0.15, -0.1) is 0 Å². The summed E-state index contributed by atoms with van der Waals surface area (Å²) in [4.78, 5) is 34.6. The van der Waals surface area contributed by atoms with Gasteiger partial charge < -0.3 is 15.4 Å². The zero-order valence-electron chi connectivity index (χ0n) is 15.5. The Kier molecular flexibility index (Phi) is 5.53. The van der Waals surface area contributed by atoms with Gasteiger partial charge in [0, 0.05) is 24.2 Å². The molecule has 1 fully saturated rings. The second kappa shape index (κ2) is 7.31. The molecule has 8 nitrogen and oxygen atoms in total. The molecule has 0 heterocycles. The molecular formula is C18H25N3O5. The summed E-state index contributed by atoms with van der Waals surface area (Å²) in [5, 5.41) is 16.4. The number of nitrogens with zero attached hydrogens (tertiary/aromatic N) is 1. The maximum atomic E-state index is 12.5. The highest BCUT2D eigenvalue weighted by atomic mass is 16.6. The lowest BCUT2D eigenvalue weighted by Crippen LogP contribution is -2.55. The van der Waals surface area contributed by atoms with Gasteiger partial charge in [-0.3, -0.25) is 14.9 Å². The molecule has 1 atom stereocenters. The van der Waals surface area contributed by atoms with Crippen LogP contribution in [0.1, 0.15) is 50.9 Å². The van der Waals surface area contributed by atoms with E-state index in [-0.39, 0.29) is 24.1 Å². The Bertz CT molecular complexity index is 692. The van der Waals surface area contributed by atoms with Crippen molar-refractivity contribution in [1.82, 2.24) is 10.6 Å². The lowest BCUT2D eigenvalue weighted by Gasteiger charge is -2.32. The third-order valence-corrected chi connectivity index (χ3v) is 4.22. The van der Waals surface area contributed by atoms with Crippen LogP contribution < -0.4 is 10.6 Å². The smallest absolute Gasteiger partial charge is 0.407 e. The van der Waals surface area contributed by atoms with Gasteiger partial charge in [0.15, 0.2) is 0 Å². The highest BCUT2D eigenvalue weighted by Gasteiger charge is 2.43. The van der Waals surface area contributed by atoms with Crippen LogP contribution in [0, 0.1) is 16.0 Å². The fraction of sp³-hybridized carbons (Fsp3) is 0.556. The second-order valence-electron chi connectivity index (χ2n) is 7.81. The minimum Gasteiger partial charge on any atom is -0.444 e. The third-order valence-electron chi connectivity index (χ3n) is 4.22. The standard InChI is InChI=1S/C18H25N3O5/c1-17(2,3)26-16(23)19-11-18(4,13-7-8-13)20-15(22)12-5-9-14(10-6-12)21(24)25/h5-6,9-10,13H,7-8,11H2,1-4H3,(H,19,23)(H,20,22). The van der Waals surface area contributed by atoms with E-state index in [2.05, 4.69) is 10.6 Å². The Morgan fingerprint density at radius 2 is 1.77 bits per heavy atom. The molecule has 1 aliphatic carbocycles. The molecule has 0 radical (unpaired) electrons. The Morgan fingerprint density at radius 1 is 1.19 bits per heavy atom. The van der Waals surface area contributed by atoms with Gasteiger partial charge >= 0.3 is 6.09 Å². The molecule has 26 heavy (non-hydrogen) atoms. The number of nitrogens with one attached hydrogen (secondary N) is 2. The molecule has 0 spiro atoms. The molecular weight excluding hydrogens is 338 g/mol. The van der Waals surface area contributed by atoms with Gasteiger partial charge in [-0.1, -0.05) is 0 Å². The van der Waals surface area contributed by atoms with E-state index < -0.39 is 22.2 Å². The van der Waals surface area contributed by atoms with Gasteiger partial charge in [0.05, 0.1) is 10.5 Å². The zero-order chi connectivity index (χ0) is 19.5. The van der Waals surface area contributed by atoms with Crippen LogP contribution in [0.2, 0.25) is 0 Å². The Morgan fingerprint density at radius 3 is 2.23 bits per heavy atom. The average Bonchev–Trinajstić information content (AvgIpc) is 3.37. The predicted molar refractivity (Wildman–Crippen MR) is 95.9 cm³/mol. The van der Waals surface area contributed by atoms with E-state index in [1.165, 1.54) is 24.3 Å². The van der Waals surface area contributed by atoms with Gasteiger partial charge in [-0.2, -0.15) is 0 Å². The number of ether oxygens (including phenoxy) is 1. The van der Waals surface area contributed by atoms with E-state index in [1.807, 2.05) is 6.92 Å². The number of carbonyl (C=O) groups is 2. The molecule has 1 unspecified atom stereocenters. The monoisotopic (exact) mass is 363 g/mol. The van der Waals surface area contributed by atoms with Crippen LogP contribution in [-0.4, -0.2) is 34.6 Å². The van der Waals surface area contributed by atoms with E-state index in [1.54, 1.807) is 20.8 Å². The molecule has 1 saturated carbocycles. The van der Waals surface area contributed by atoms with E-state index >= 15 is 0 Å². The van der Waals surface area contributed by atoms with Gasteiger partial charge in [-0.25, -0.2) is 4.79 Å². The van der Waals surface area contributed by atoms with Crippen LogP contribution in [0.4, 0.5) is 10.5 Å². The Labute approximate surface area is 152 Å². The number of nitro benzene ring substituents is 1. The molecule has 1 aliphatic rings. The molecule has 1 aromatic carbocycles. The molecule has 0 bridgehead atoms. The van der Waals surface area contributed by atoms with Crippen molar-refractivity contribution in [2.24, 2.45) is 5.92 Å². The first-order chi connectivity index (χ1) is 12.0. The number of carbonyl (C=O) groups excluding carboxylic acids is 2. The van der Waals surface area contributed by atoms with Gasteiger partial charge in [0.1, 0.15) is 5.60 Å². The van der Waals surface area contributed by atoms with Gasteiger partial charge in [0.2, 0.25) is 0 Å². The Hall–Kier alpha value is -2.64. The number of hydrogen-bond acceptors (Lipinski definition) is 5. The van der Waals surface area contributed by atoms with Crippen LogP contribution in [0.25, 0.3) is 0 Å². The van der Waals surface area contributed by atoms with Crippen LogP contribution >= 0.6 is 0 Å². The average molecular weight is 363 g/mol. The SMILES string of the molecule is CC(C)(C)OC(=O)NCC(C)(NC(=O)c1ccc([N+](=O)[O-])cc1)C1CC1. The summed E-state index contributed by atoms with van der Waals surface area (Å²) in [6.07, 6.45) is 1.40. The molecule has 1 aromatic rings. The lowest BCUT2D eigenvalue weighted by molar-refractivity contribution is -0.384. The minimum atomic E-state index is -0.615. The number of rotatable bonds is 6. The molecule has 0 saturated heterocycles. The number of benzene rings is 1. The molecule has 142 valence electrons. The topological polar surface area (TPSA) is 111 Å². The quantitative estimate of drug-likeness (QED) is 0.596. The summed E-state index contributed by atoms with van der Waals surface area (Å²) in [5.74, 6) is -0.0697. The first-order valence-electron chi connectivity index (χ1n) is 8.54. The summed E-state index contributed by atoms with van der Waals surface area (Å²) in [6, 6.07) is 5.43. The molecule has 0 aliphatic heterocycles. The van der Waals surface area contributed by atoms with Crippen molar-refractivity contribution in [3.05, 3.63) is 39.9 Å². The highest BCUT2D eigenvalue weighted by molar-refractivity contribution is 5.95. The first kappa shape index (κ1) is 19.7. The fourth-order valence-electron chi connectivity index (χ4n) is 2.65.